The van der Waals surface area contributed by atoms with Crippen LogP contribution < -0.4 is 0 Å². The van der Waals surface area contributed by atoms with Gasteiger partial charge in [0.2, 0.25) is 0 Å². The van der Waals surface area contributed by atoms with Gasteiger partial charge in [-0.2, -0.15) is 0 Å². The summed E-state index contributed by atoms with van der Waals surface area (Å²) in [5, 5.41) is 0.0572. The molecule has 36 heavy (non-hydrogen) atoms. The molecule has 0 saturated heterocycles. The maximum absolute atomic E-state index is 13.1. The first-order chi connectivity index (χ1) is 16.2. The maximum atomic E-state index is 13.1. The predicted molar refractivity (Wildman–Crippen MR) is 116 cm³/mol. The Kier molecular flexibility index (Phi) is 44.1. The van der Waals surface area contributed by atoms with Crippen LogP contribution in [0.4, 0.5) is 0 Å². The quantitative estimate of drug-likeness (QED) is 0.205. The summed E-state index contributed by atoms with van der Waals surface area (Å²) >= 11 is 0. The van der Waals surface area contributed by atoms with Crippen molar-refractivity contribution in [1.29, 1.82) is 0 Å². The Hall–Kier alpha value is -1.84. The molecule has 0 N–H and O–H groups in total. The molecule has 0 aliphatic heterocycles. The van der Waals surface area contributed by atoms with Crippen LogP contribution in [0.15, 0.2) is 12.2 Å². The first-order valence-corrected chi connectivity index (χ1v) is 12.2. The molecule has 1 fully saturated rings. The SMILES string of the molecule is CC(C)(C)[Si](C)(C)OC12C#C/C=C\C#CCC(CCC1)C2=O.[C-]#[O+].[C-]#[O+].[C-]#[O+].[C-]#[O+].[C-]#[O+].[C-]#[O+].[Co].[Co]. The first kappa shape index (κ1) is 50.9. The predicted octanol–water partition coefficient (Wildman–Crippen LogP) is 3.85. The van der Waals surface area contributed by atoms with Crippen LogP contribution in [0.3, 0.4) is 0 Å². The van der Waals surface area contributed by atoms with Crippen LogP contribution >= 0.6 is 0 Å². The number of ketones is 1. The normalized spacial score (nSPS) is 18.5. The fourth-order valence-electron chi connectivity index (χ4n) is 2.70. The van der Waals surface area contributed by atoms with Crippen LogP contribution in [0.25, 0.3) is 0 Å². The molecule has 0 spiro atoms. The minimum atomic E-state index is -2.07. The van der Waals surface area contributed by atoms with Crippen LogP contribution in [0.5, 0.6) is 0 Å². The Bertz CT molecular complexity index is 823. The Balaban J connectivity index is -0.000000106. The molecule has 1 saturated carbocycles. The fraction of sp³-hybridized carbons (Fsp3) is 0.480. The summed E-state index contributed by atoms with van der Waals surface area (Å²) in [6.45, 7) is 38.0. The molecule has 2 aliphatic rings. The molecule has 196 valence electrons. The molecule has 0 aromatic heterocycles. The molecule has 2 rings (SSSR count). The van der Waals surface area contributed by atoms with E-state index in [-0.39, 0.29) is 50.3 Å². The molecular weight excluding hydrogens is 574 g/mol. The van der Waals surface area contributed by atoms with E-state index in [1.807, 2.05) is 0 Å². The summed E-state index contributed by atoms with van der Waals surface area (Å²) in [4.78, 5) is 13.1. The van der Waals surface area contributed by atoms with Gasteiger partial charge in [0, 0.05) is 45.9 Å². The Morgan fingerprint density at radius 1 is 0.889 bits per heavy atom. The number of carbonyl (C=O) groups is 1. The number of fused-ring (bicyclic) bond motifs is 2. The van der Waals surface area contributed by atoms with Gasteiger partial charge >= 0.3 is 67.8 Å². The van der Waals surface area contributed by atoms with E-state index in [1.54, 1.807) is 12.2 Å². The number of rotatable bonds is 2. The van der Waals surface area contributed by atoms with Gasteiger partial charge in [0.15, 0.2) is 19.7 Å². The van der Waals surface area contributed by atoms with Crippen molar-refractivity contribution in [3.63, 3.8) is 0 Å². The number of hydrogen-bond acceptors (Lipinski definition) is 2. The minimum absolute atomic E-state index is 0. The third-order valence-corrected chi connectivity index (χ3v) is 9.53. The van der Waals surface area contributed by atoms with Crippen molar-refractivity contribution in [3.05, 3.63) is 52.1 Å². The largest absolute Gasteiger partial charge is 0 e. The molecule has 0 aromatic rings. The summed E-state index contributed by atoms with van der Waals surface area (Å²) in [5.41, 5.74) is -0.921. The van der Waals surface area contributed by atoms with Crippen LogP contribution in [-0.2, 0) is 70.7 Å². The van der Waals surface area contributed by atoms with E-state index in [0.717, 1.165) is 12.8 Å². The second-order valence-corrected chi connectivity index (χ2v) is 12.5. The zero-order valence-corrected chi connectivity index (χ0v) is 23.6. The zero-order chi connectivity index (χ0) is 28.4. The third kappa shape index (κ3) is 18.4. The molecule has 2 bridgehead atoms. The van der Waals surface area contributed by atoms with Crippen molar-refractivity contribution in [1.82, 2.24) is 0 Å². The van der Waals surface area contributed by atoms with Gasteiger partial charge in [0.25, 0.3) is 0 Å². The summed E-state index contributed by atoms with van der Waals surface area (Å²) in [6.07, 6.45) is 6.70. The van der Waals surface area contributed by atoms with Crippen LogP contribution in [-0.4, -0.2) is 19.7 Å². The van der Waals surface area contributed by atoms with E-state index in [9.17, 15) is 4.79 Å². The Morgan fingerprint density at radius 3 is 1.72 bits per heavy atom. The first-order valence-electron chi connectivity index (χ1n) is 9.31. The monoisotopic (exact) mass is 600 g/mol. The zero-order valence-electron chi connectivity index (χ0n) is 20.5. The summed E-state index contributed by atoms with van der Waals surface area (Å²) in [6, 6.07) is 0. The standard InChI is InChI=1S/C19H26O2Si.6CO.2Co/c1-18(2,3)22(4,5)21-19-14-10-8-6-7-9-12-16(17(19)20)13-11-15-19;6*1-2;;/h6,8,16H,11-13,15H2,1-5H3;;;;;;;;/b8-6-;;;;;;;;. The Morgan fingerprint density at radius 2 is 1.31 bits per heavy atom. The van der Waals surface area contributed by atoms with Gasteiger partial charge in [-0.3, -0.25) is 4.79 Å². The van der Waals surface area contributed by atoms with Gasteiger partial charge in [-0.05, 0) is 49.5 Å². The number of allylic oxidation sites excluding steroid dienone is 2. The maximum Gasteiger partial charge on any atom is 0 e. The molecular formula is C25H26Co2O8Si. The summed E-state index contributed by atoms with van der Waals surface area (Å²) in [7, 11) is -2.07. The van der Waals surface area contributed by atoms with E-state index in [1.165, 1.54) is 0 Å². The van der Waals surface area contributed by atoms with Gasteiger partial charge < -0.3 is 4.43 Å². The minimum Gasteiger partial charge on any atom is 0 e. The van der Waals surface area contributed by atoms with E-state index in [2.05, 4.69) is 97.4 Å². The third-order valence-electron chi connectivity index (χ3n) is 5.06. The topological polar surface area (TPSA) is 146 Å². The molecule has 0 aromatic carbocycles. The van der Waals surface area contributed by atoms with Crippen molar-refractivity contribution >= 4 is 14.1 Å². The van der Waals surface area contributed by atoms with Crippen molar-refractivity contribution in [3.8, 4) is 23.7 Å². The van der Waals surface area contributed by atoms with E-state index < -0.39 is 13.9 Å². The van der Waals surface area contributed by atoms with Gasteiger partial charge in [0.1, 0.15) is 0 Å². The number of Topliss-reactive ketones (excluding diaryl/α,β-unsaturated/α-hetero) is 1. The summed E-state index contributed by atoms with van der Waals surface area (Å²) < 4.78 is 51.6. The number of hydrogen-bond donors (Lipinski definition) is 0. The fourth-order valence-corrected chi connectivity index (χ4v) is 4.13. The van der Waals surface area contributed by atoms with Crippen LogP contribution in [0, 0.1) is 69.5 Å². The van der Waals surface area contributed by atoms with E-state index in [4.69, 9.17) is 32.3 Å². The second-order valence-electron chi connectivity index (χ2n) is 7.77. The van der Waals surface area contributed by atoms with Gasteiger partial charge in [-0.15, -0.1) is 0 Å². The van der Waals surface area contributed by atoms with Gasteiger partial charge in [-0.25, -0.2) is 0 Å². The Labute approximate surface area is 236 Å². The van der Waals surface area contributed by atoms with Crippen molar-refractivity contribution in [2.45, 2.75) is 70.2 Å². The molecule has 0 heterocycles. The van der Waals surface area contributed by atoms with E-state index >= 15 is 0 Å². The van der Waals surface area contributed by atoms with Gasteiger partial charge in [0.05, 0.1) is 0 Å². The van der Waals surface area contributed by atoms with Crippen LogP contribution in [0.2, 0.25) is 18.1 Å². The smallest absolute Gasteiger partial charge is 0 e. The van der Waals surface area contributed by atoms with Crippen molar-refractivity contribution in [2.75, 3.05) is 0 Å². The molecule has 2 unspecified atom stereocenters. The second kappa shape index (κ2) is 31.2. The molecule has 2 aliphatic carbocycles. The summed E-state index contributed by atoms with van der Waals surface area (Å²) in [5.74, 6) is 12.3. The average molecular weight is 600 g/mol. The van der Waals surface area contributed by atoms with E-state index in [0.29, 0.717) is 12.8 Å². The molecule has 2 radical (unpaired) electrons. The molecule has 0 amide bonds. The molecule has 11 heteroatoms. The average Bonchev–Trinajstić information content (AvgIpc) is 2.87. The molecule has 8 nitrogen and oxygen atoms in total. The van der Waals surface area contributed by atoms with Crippen molar-refractivity contribution in [2.24, 2.45) is 5.92 Å². The number of carbonyl (C=O) groups excluding carboxylic acids is 1. The molecule has 2 atom stereocenters. The van der Waals surface area contributed by atoms with Gasteiger partial charge in [-0.1, -0.05) is 44.5 Å². The van der Waals surface area contributed by atoms with Crippen LogP contribution in [0.1, 0.15) is 46.5 Å². The van der Waals surface area contributed by atoms with Crippen molar-refractivity contribution < 1.29 is 70.7 Å².